The van der Waals surface area contributed by atoms with Crippen molar-refractivity contribution in [2.45, 2.75) is 6.92 Å². The lowest BCUT2D eigenvalue weighted by Gasteiger charge is -2.16. The highest BCUT2D eigenvalue weighted by molar-refractivity contribution is 7.22. The molecule has 0 radical (unpaired) electrons. The summed E-state index contributed by atoms with van der Waals surface area (Å²) in [4.78, 5) is 31.8. The molecule has 2 heterocycles. The molecule has 0 atom stereocenters. The van der Waals surface area contributed by atoms with Gasteiger partial charge in [0.2, 0.25) is 0 Å². The van der Waals surface area contributed by atoms with Gasteiger partial charge in [-0.05, 0) is 30.5 Å². The number of ether oxygens (including phenoxy) is 1. The molecule has 128 valence electrons. The summed E-state index contributed by atoms with van der Waals surface area (Å²) in [6.45, 7) is 1.46. The number of aryl methyl sites for hydroxylation is 1. The molecular formula is C18H16N2O3S2. The minimum Gasteiger partial charge on any atom is -0.451 e. The number of hydrogen-bond donors (Lipinski definition) is 0. The number of thiazole rings is 1. The molecule has 0 bridgehead atoms. The van der Waals surface area contributed by atoms with Crippen LogP contribution in [0, 0.1) is 6.92 Å². The first kappa shape index (κ1) is 17.3. The summed E-state index contributed by atoms with van der Waals surface area (Å²) in [5.41, 5.74) is 1.36. The van der Waals surface area contributed by atoms with Gasteiger partial charge in [0.05, 0.1) is 10.6 Å². The summed E-state index contributed by atoms with van der Waals surface area (Å²) in [6, 6.07) is 13.1. The predicted octanol–water partition coefficient (Wildman–Crippen LogP) is 4.00. The Balaban J connectivity index is 1.64. The Morgan fingerprint density at radius 1 is 1.16 bits per heavy atom. The molecule has 0 N–H and O–H groups in total. The maximum absolute atomic E-state index is 12.3. The third-order valence-corrected chi connectivity index (χ3v) is 5.73. The number of para-hydroxylation sites is 1. The summed E-state index contributed by atoms with van der Waals surface area (Å²) in [5.74, 6) is -0.812. The van der Waals surface area contributed by atoms with E-state index >= 15 is 0 Å². The number of benzene rings is 1. The van der Waals surface area contributed by atoms with Crippen LogP contribution in [0.4, 0.5) is 5.69 Å². The standard InChI is InChI=1S/C18H16N2O3S2/c1-12-16(25-17(19-12)14-9-6-10-24-14)18(22)23-11-15(21)20(2)13-7-4-3-5-8-13/h3-10H,11H2,1-2H3. The molecule has 1 aromatic carbocycles. The first-order valence-corrected chi connectivity index (χ1v) is 9.26. The number of aromatic nitrogens is 1. The molecule has 5 nitrogen and oxygen atoms in total. The number of thiophene rings is 1. The molecule has 0 fully saturated rings. The molecule has 0 aliphatic heterocycles. The zero-order valence-corrected chi connectivity index (χ0v) is 15.4. The average molecular weight is 372 g/mol. The molecule has 1 amide bonds. The third-order valence-electron chi connectivity index (χ3n) is 3.56. The van der Waals surface area contributed by atoms with Crippen LogP contribution in [0.5, 0.6) is 0 Å². The largest absolute Gasteiger partial charge is 0.451 e. The van der Waals surface area contributed by atoms with Crippen LogP contribution < -0.4 is 4.90 Å². The summed E-state index contributed by atoms with van der Waals surface area (Å²) in [5, 5.41) is 2.74. The summed E-state index contributed by atoms with van der Waals surface area (Å²) < 4.78 is 5.19. The van der Waals surface area contributed by atoms with E-state index in [1.165, 1.54) is 16.2 Å². The third kappa shape index (κ3) is 3.94. The Morgan fingerprint density at radius 3 is 2.60 bits per heavy atom. The van der Waals surface area contributed by atoms with E-state index in [2.05, 4.69) is 4.98 Å². The fourth-order valence-corrected chi connectivity index (χ4v) is 3.93. The van der Waals surface area contributed by atoms with Crippen molar-refractivity contribution in [1.29, 1.82) is 0 Å². The van der Waals surface area contributed by atoms with Crippen LogP contribution in [0.15, 0.2) is 47.8 Å². The molecule has 2 aromatic heterocycles. The highest BCUT2D eigenvalue weighted by atomic mass is 32.1. The van der Waals surface area contributed by atoms with E-state index in [0.29, 0.717) is 10.6 Å². The second-order valence-electron chi connectivity index (χ2n) is 5.28. The van der Waals surface area contributed by atoms with E-state index in [0.717, 1.165) is 15.6 Å². The van der Waals surface area contributed by atoms with E-state index in [1.807, 2.05) is 47.8 Å². The fraction of sp³-hybridized carbons (Fsp3) is 0.167. The molecule has 0 spiro atoms. The zero-order valence-electron chi connectivity index (χ0n) is 13.8. The van der Waals surface area contributed by atoms with Crippen molar-refractivity contribution in [3.8, 4) is 9.88 Å². The van der Waals surface area contributed by atoms with E-state index in [1.54, 1.807) is 25.3 Å². The number of anilines is 1. The fourth-order valence-electron chi connectivity index (χ4n) is 2.18. The smallest absolute Gasteiger partial charge is 0.350 e. The Morgan fingerprint density at radius 2 is 1.92 bits per heavy atom. The number of carbonyl (C=O) groups is 2. The molecule has 0 aliphatic carbocycles. The molecule has 3 rings (SSSR count). The lowest BCUT2D eigenvalue weighted by molar-refractivity contribution is -0.121. The van der Waals surface area contributed by atoms with Crippen molar-refractivity contribution in [2.24, 2.45) is 0 Å². The van der Waals surface area contributed by atoms with Gasteiger partial charge in [-0.15, -0.1) is 22.7 Å². The first-order chi connectivity index (χ1) is 12.1. The van der Waals surface area contributed by atoms with Crippen molar-refractivity contribution >= 4 is 40.2 Å². The Labute approximate surface area is 153 Å². The van der Waals surface area contributed by atoms with Crippen LogP contribution in [-0.2, 0) is 9.53 Å². The van der Waals surface area contributed by atoms with Crippen LogP contribution in [0.2, 0.25) is 0 Å². The summed E-state index contributed by atoms with van der Waals surface area (Å²) in [6.07, 6.45) is 0. The van der Waals surface area contributed by atoms with Crippen molar-refractivity contribution < 1.29 is 14.3 Å². The van der Waals surface area contributed by atoms with E-state index in [9.17, 15) is 9.59 Å². The number of nitrogens with zero attached hydrogens (tertiary/aromatic N) is 2. The normalized spacial score (nSPS) is 10.5. The van der Waals surface area contributed by atoms with E-state index in [-0.39, 0.29) is 12.5 Å². The second-order valence-corrected chi connectivity index (χ2v) is 7.22. The Hall–Kier alpha value is -2.51. The topological polar surface area (TPSA) is 59.5 Å². The number of hydrogen-bond acceptors (Lipinski definition) is 6. The molecule has 0 saturated heterocycles. The van der Waals surface area contributed by atoms with Gasteiger partial charge in [0.1, 0.15) is 9.88 Å². The minimum absolute atomic E-state index is 0.291. The zero-order chi connectivity index (χ0) is 17.8. The Kier molecular flexibility index (Phi) is 5.25. The van der Waals surface area contributed by atoms with E-state index < -0.39 is 5.97 Å². The molecule has 7 heteroatoms. The van der Waals surface area contributed by atoms with Gasteiger partial charge in [-0.2, -0.15) is 0 Å². The second kappa shape index (κ2) is 7.58. The van der Waals surface area contributed by atoms with Crippen LogP contribution >= 0.6 is 22.7 Å². The lowest BCUT2D eigenvalue weighted by Crippen LogP contribution is -2.31. The number of rotatable bonds is 5. The summed E-state index contributed by atoms with van der Waals surface area (Å²) in [7, 11) is 1.65. The van der Waals surface area contributed by atoms with Crippen molar-refractivity contribution in [1.82, 2.24) is 4.98 Å². The molecule has 3 aromatic rings. The van der Waals surface area contributed by atoms with Crippen LogP contribution in [-0.4, -0.2) is 30.5 Å². The molecule has 0 unspecified atom stereocenters. The highest BCUT2D eigenvalue weighted by Crippen LogP contribution is 2.31. The van der Waals surface area contributed by atoms with Crippen LogP contribution in [0.1, 0.15) is 15.4 Å². The molecule has 25 heavy (non-hydrogen) atoms. The average Bonchev–Trinajstić information content (AvgIpc) is 3.29. The monoisotopic (exact) mass is 372 g/mol. The van der Waals surface area contributed by atoms with Crippen molar-refractivity contribution in [2.75, 3.05) is 18.6 Å². The van der Waals surface area contributed by atoms with Gasteiger partial charge in [-0.25, -0.2) is 9.78 Å². The van der Waals surface area contributed by atoms with Crippen molar-refractivity contribution in [3.05, 3.63) is 58.4 Å². The van der Waals surface area contributed by atoms with Gasteiger partial charge in [-0.1, -0.05) is 24.3 Å². The quantitative estimate of drug-likeness (QED) is 0.635. The predicted molar refractivity (Wildman–Crippen MR) is 100 cm³/mol. The van der Waals surface area contributed by atoms with Crippen LogP contribution in [0.3, 0.4) is 0 Å². The Bertz CT molecular complexity index is 873. The highest BCUT2D eigenvalue weighted by Gasteiger charge is 2.20. The maximum Gasteiger partial charge on any atom is 0.350 e. The van der Waals surface area contributed by atoms with Gasteiger partial charge in [0.15, 0.2) is 6.61 Å². The number of carbonyl (C=O) groups excluding carboxylic acids is 2. The van der Waals surface area contributed by atoms with Gasteiger partial charge in [-0.3, -0.25) is 4.79 Å². The maximum atomic E-state index is 12.3. The van der Waals surface area contributed by atoms with Crippen molar-refractivity contribution in [3.63, 3.8) is 0 Å². The molecule has 0 saturated carbocycles. The molecular weight excluding hydrogens is 356 g/mol. The molecule has 0 aliphatic rings. The first-order valence-electron chi connectivity index (χ1n) is 7.56. The minimum atomic E-state index is -0.521. The summed E-state index contributed by atoms with van der Waals surface area (Å²) >= 11 is 2.85. The lowest BCUT2D eigenvalue weighted by atomic mass is 10.3. The van der Waals surface area contributed by atoms with Crippen LogP contribution in [0.25, 0.3) is 9.88 Å². The van der Waals surface area contributed by atoms with Gasteiger partial charge >= 0.3 is 5.97 Å². The SMILES string of the molecule is Cc1nc(-c2cccs2)sc1C(=O)OCC(=O)N(C)c1ccccc1. The van der Waals surface area contributed by atoms with Gasteiger partial charge in [0, 0.05) is 12.7 Å². The number of likely N-dealkylation sites (N-methyl/N-ethyl adjacent to an activating group) is 1. The van der Waals surface area contributed by atoms with E-state index in [4.69, 9.17) is 4.74 Å². The van der Waals surface area contributed by atoms with Gasteiger partial charge in [0.25, 0.3) is 5.91 Å². The number of amides is 1. The van der Waals surface area contributed by atoms with Gasteiger partial charge < -0.3 is 9.64 Å². The number of esters is 1.